The number of aliphatic hydroxyl groups is 1. The Kier molecular flexibility index (Phi) is 5.98. The molecule has 6 nitrogen and oxygen atoms in total. The molecule has 1 saturated heterocycles. The molecule has 2 heterocycles. The van der Waals surface area contributed by atoms with Crippen molar-refractivity contribution in [2.45, 2.75) is 44.0 Å². The third-order valence-electron chi connectivity index (χ3n) is 5.53. The lowest BCUT2D eigenvalue weighted by atomic mass is 9.89. The number of oxazole rings is 1. The van der Waals surface area contributed by atoms with Crippen LogP contribution in [0.5, 0.6) is 0 Å². The molecule has 0 bridgehead atoms. The number of aryl methyl sites for hydroxylation is 2. The molecule has 4 rings (SSSR count). The first-order valence-electron chi connectivity index (χ1n) is 10.2. The highest BCUT2D eigenvalue weighted by molar-refractivity contribution is 8.15. The molecule has 1 unspecified atom stereocenters. The van der Waals surface area contributed by atoms with Crippen LogP contribution in [0.25, 0.3) is 11.5 Å². The Morgan fingerprint density at radius 3 is 2.48 bits per heavy atom. The van der Waals surface area contributed by atoms with Crippen LogP contribution in [0.4, 0.5) is 4.79 Å². The van der Waals surface area contributed by atoms with Crippen molar-refractivity contribution < 1.29 is 19.1 Å². The van der Waals surface area contributed by atoms with Crippen LogP contribution in [-0.4, -0.2) is 26.5 Å². The SMILES string of the molecule is Cc1oc(-c2ccccc2)nc1CC[C@](C)(O)c1ccc(CC2SC(=O)NC2=O)cc1. The minimum absolute atomic E-state index is 0.246. The van der Waals surface area contributed by atoms with Gasteiger partial charge in [0.15, 0.2) is 0 Å². The van der Waals surface area contributed by atoms with Gasteiger partial charge in [-0.25, -0.2) is 4.98 Å². The molecular formula is C24H24N2O4S. The number of rotatable bonds is 7. The van der Waals surface area contributed by atoms with Crippen molar-refractivity contribution in [1.82, 2.24) is 10.3 Å². The number of benzene rings is 2. The lowest BCUT2D eigenvalue weighted by Gasteiger charge is -2.24. The zero-order valence-corrected chi connectivity index (χ0v) is 18.2. The van der Waals surface area contributed by atoms with E-state index in [4.69, 9.17) is 4.42 Å². The van der Waals surface area contributed by atoms with E-state index in [9.17, 15) is 14.7 Å². The first kappa shape index (κ1) is 21.3. The molecule has 2 atom stereocenters. The van der Waals surface area contributed by atoms with E-state index in [1.54, 1.807) is 6.92 Å². The van der Waals surface area contributed by atoms with Gasteiger partial charge in [0.25, 0.3) is 5.24 Å². The lowest BCUT2D eigenvalue weighted by Crippen LogP contribution is -2.25. The number of carbonyl (C=O) groups is 2. The van der Waals surface area contributed by atoms with E-state index in [0.717, 1.165) is 39.9 Å². The summed E-state index contributed by atoms with van der Waals surface area (Å²) in [7, 11) is 0. The van der Waals surface area contributed by atoms with Gasteiger partial charge in [-0.05, 0) is 56.4 Å². The molecule has 1 aliphatic heterocycles. The predicted molar refractivity (Wildman–Crippen MR) is 120 cm³/mol. The van der Waals surface area contributed by atoms with Crippen LogP contribution in [-0.2, 0) is 23.2 Å². The summed E-state index contributed by atoms with van der Waals surface area (Å²) in [6, 6.07) is 17.3. The number of amides is 2. The van der Waals surface area contributed by atoms with Gasteiger partial charge < -0.3 is 9.52 Å². The summed E-state index contributed by atoms with van der Waals surface area (Å²) in [6.45, 7) is 3.68. The average molecular weight is 437 g/mol. The Labute approximate surface area is 185 Å². The fourth-order valence-electron chi connectivity index (χ4n) is 3.61. The number of nitrogens with zero attached hydrogens (tertiary/aromatic N) is 1. The van der Waals surface area contributed by atoms with Gasteiger partial charge in [0, 0.05) is 5.56 Å². The molecule has 2 aromatic carbocycles. The Bertz CT molecular complexity index is 1090. The smallest absolute Gasteiger partial charge is 0.286 e. The van der Waals surface area contributed by atoms with Crippen molar-refractivity contribution in [3.63, 3.8) is 0 Å². The van der Waals surface area contributed by atoms with E-state index in [2.05, 4.69) is 10.3 Å². The molecule has 1 aliphatic rings. The highest BCUT2D eigenvalue weighted by Crippen LogP contribution is 2.30. The van der Waals surface area contributed by atoms with E-state index in [0.29, 0.717) is 25.2 Å². The van der Waals surface area contributed by atoms with Crippen LogP contribution >= 0.6 is 11.8 Å². The maximum atomic E-state index is 11.7. The van der Waals surface area contributed by atoms with Gasteiger partial charge in [-0.1, -0.05) is 54.2 Å². The molecule has 7 heteroatoms. The third kappa shape index (κ3) is 4.89. The average Bonchev–Trinajstić information content (AvgIpc) is 3.28. The van der Waals surface area contributed by atoms with E-state index < -0.39 is 10.9 Å². The Balaban J connectivity index is 1.40. The van der Waals surface area contributed by atoms with Crippen LogP contribution in [0.1, 0.15) is 35.9 Å². The molecule has 0 spiro atoms. The monoisotopic (exact) mass is 436 g/mol. The Morgan fingerprint density at radius 1 is 1.13 bits per heavy atom. The van der Waals surface area contributed by atoms with Crippen molar-refractivity contribution in [1.29, 1.82) is 0 Å². The van der Waals surface area contributed by atoms with Crippen molar-refractivity contribution >= 4 is 22.9 Å². The summed E-state index contributed by atoms with van der Waals surface area (Å²) < 4.78 is 5.82. The number of thioether (sulfide) groups is 1. The zero-order valence-electron chi connectivity index (χ0n) is 17.4. The number of nitrogens with one attached hydrogen (secondary N) is 1. The van der Waals surface area contributed by atoms with E-state index >= 15 is 0 Å². The van der Waals surface area contributed by atoms with Crippen LogP contribution < -0.4 is 5.32 Å². The second-order valence-electron chi connectivity index (χ2n) is 7.95. The van der Waals surface area contributed by atoms with Crippen LogP contribution in [0, 0.1) is 6.92 Å². The summed E-state index contributed by atoms with van der Waals surface area (Å²) in [4.78, 5) is 27.7. The van der Waals surface area contributed by atoms with E-state index in [1.807, 2.05) is 61.5 Å². The Hall–Kier alpha value is -2.90. The van der Waals surface area contributed by atoms with Crippen LogP contribution in [0.2, 0.25) is 0 Å². The molecule has 0 aliphatic carbocycles. The van der Waals surface area contributed by atoms with Gasteiger partial charge in [-0.2, -0.15) is 0 Å². The number of hydrogen-bond donors (Lipinski definition) is 2. The van der Waals surface area contributed by atoms with Crippen molar-refractivity contribution in [3.8, 4) is 11.5 Å². The van der Waals surface area contributed by atoms with E-state index in [1.165, 1.54) is 0 Å². The zero-order chi connectivity index (χ0) is 22.0. The first-order chi connectivity index (χ1) is 14.8. The fraction of sp³-hybridized carbons (Fsp3) is 0.292. The molecule has 1 fully saturated rings. The van der Waals surface area contributed by atoms with Crippen LogP contribution in [0.3, 0.4) is 0 Å². The molecule has 31 heavy (non-hydrogen) atoms. The van der Waals surface area contributed by atoms with Gasteiger partial charge >= 0.3 is 0 Å². The summed E-state index contributed by atoms with van der Waals surface area (Å²) in [5, 5.41) is 12.7. The maximum Gasteiger partial charge on any atom is 0.286 e. The normalized spacial score (nSPS) is 18.1. The summed E-state index contributed by atoms with van der Waals surface area (Å²) in [5.74, 6) is 1.10. The number of carbonyl (C=O) groups excluding carboxylic acids is 2. The minimum Gasteiger partial charge on any atom is -0.441 e. The van der Waals surface area contributed by atoms with Gasteiger partial charge in [0.2, 0.25) is 11.8 Å². The summed E-state index contributed by atoms with van der Waals surface area (Å²) in [6.07, 6.45) is 1.55. The summed E-state index contributed by atoms with van der Waals surface area (Å²) >= 11 is 1.02. The summed E-state index contributed by atoms with van der Waals surface area (Å²) in [5.41, 5.74) is 2.47. The molecule has 160 valence electrons. The second kappa shape index (κ2) is 8.69. The van der Waals surface area contributed by atoms with Crippen molar-refractivity contribution in [2.24, 2.45) is 0 Å². The quantitative estimate of drug-likeness (QED) is 0.571. The molecule has 3 aromatic rings. The molecular weight excluding hydrogens is 412 g/mol. The van der Waals surface area contributed by atoms with Crippen molar-refractivity contribution in [3.05, 3.63) is 77.2 Å². The highest BCUT2D eigenvalue weighted by Gasteiger charge is 2.31. The molecule has 1 aromatic heterocycles. The Morgan fingerprint density at radius 2 is 1.84 bits per heavy atom. The van der Waals surface area contributed by atoms with E-state index in [-0.39, 0.29) is 11.1 Å². The molecule has 0 radical (unpaired) electrons. The minimum atomic E-state index is -1.04. The number of imide groups is 1. The standard InChI is InChI=1S/C24H24N2O4S/c1-15-19(25-22(30-15)17-6-4-3-5-7-17)12-13-24(2,29)18-10-8-16(9-11-18)14-20-21(27)26-23(28)31-20/h3-11,20,29H,12-14H2,1-2H3,(H,26,27,28)/t20?,24-/m0/s1. The maximum absolute atomic E-state index is 11.7. The molecule has 2 N–H and O–H groups in total. The van der Waals surface area contributed by atoms with Gasteiger partial charge in [0.05, 0.1) is 16.5 Å². The number of aromatic nitrogens is 1. The second-order valence-corrected chi connectivity index (χ2v) is 9.12. The third-order valence-corrected chi connectivity index (χ3v) is 6.51. The van der Waals surface area contributed by atoms with Crippen molar-refractivity contribution in [2.75, 3.05) is 0 Å². The fourth-order valence-corrected chi connectivity index (χ4v) is 4.47. The van der Waals surface area contributed by atoms with Crippen LogP contribution in [0.15, 0.2) is 59.0 Å². The van der Waals surface area contributed by atoms with Gasteiger partial charge in [-0.3, -0.25) is 14.9 Å². The molecule has 0 saturated carbocycles. The predicted octanol–water partition coefficient (Wildman–Crippen LogP) is 4.38. The topological polar surface area (TPSA) is 92.4 Å². The molecule has 2 amide bonds. The lowest BCUT2D eigenvalue weighted by molar-refractivity contribution is -0.118. The number of hydrogen-bond acceptors (Lipinski definition) is 6. The highest BCUT2D eigenvalue weighted by atomic mass is 32.2. The van der Waals surface area contributed by atoms with Gasteiger partial charge in [-0.15, -0.1) is 0 Å². The first-order valence-corrected chi connectivity index (χ1v) is 11.0. The van der Waals surface area contributed by atoms with Gasteiger partial charge in [0.1, 0.15) is 5.76 Å². The largest absolute Gasteiger partial charge is 0.441 e.